The van der Waals surface area contributed by atoms with Crippen molar-refractivity contribution in [1.29, 1.82) is 0 Å². The molecular formula is C43H45Cl2F3N10O10S3-2. The first-order chi connectivity index (χ1) is 33.8. The number of alkyl halides is 3. The Balaban J connectivity index is 0.000000171. The van der Waals surface area contributed by atoms with Crippen molar-refractivity contribution in [2.24, 2.45) is 0 Å². The second-order valence-electron chi connectivity index (χ2n) is 17.1. The zero-order valence-electron chi connectivity index (χ0n) is 37.1. The third-order valence-corrected chi connectivity index (χ3v) is 15.3. The fraction of sp³-hybridized carbons (Fsp3) is 0.488. The van der Waals surface area contributed by atoms with E-state index in [1.807, 2.05) is 0 Å². The van der Waals surface area contributed by atoms with E-state index in [-0.39, 0.29) is 62.5 Å². The van der Waals surface area contributed by atoms with Crippen molar-refractivity contribution in [3.63, 3.8) is 0 Å². The molecule has 4 aromatic rings. The van der Waals surface area contributed by atoms with Crippen molar-refractivity contribution in [2.75, 3.05) is 10.6 Å². The maximum absolute atomic E-state index is 13.1. The Morgan fingerprint density at radius 2 is 1.10 bits per heavy atom. The predicted molar refractivity (Wildman–Crippen MR) is 254 cm³/mol. The predicted octanol–water partition coefficient (Wildman–Crippen LogP) is 8.16. The second kappa shape index (κ2) is 23.6. The van der Waals surface area contributed by atoms with Gasteiger partial charge in [-0.05, 0) is 101 Å². The minimum absolute atomic E-state index is 0.0185. The smallest absolute Gasteiger partial charge is 0.534 e. The molecule has 0 amide bonds. The number of benzene rings is 2. The van der Waals surface area contributed by atoms with Crippen molar-refractivity contribution in [3.05, 3.63) is 81.9 Å². The first kappa shape index (κ1) is 53.6. The molecule has 2 aromatic carbocycles. The number of aromatic hydroxyl groups is 1. The van der Waals surface area contributed by atoms with Crippen LogP contribution in [0.4, 0.5) is 47.6 Å². The maximum atomic E-state index is 13.1. The van der Waals surface area contributed by atoms with E-state index in [1.54, 1.807) is 18.2 Å². The molecule has 2 aliphatic carbocycles. The Kier molecular flexibility index (Phi) is 17.8. The lowest BCUT2D eigenvalue weighted by Crippen LogP contribution is -2.42. The van der Waals surface area contributed by atoms with Crippen LogP contribution in [0.25, 0.3) is 9.69 Å². The van der Waals surface area contributed by atoms with Crippen LogP contribution in [-0.4, -0.2) is 103 Å². The van der Waals surface area contributed by atoms with Gasteiger partial charge in [0, 0.05) is 34.7 Å². The van der Waals surface area contributed by atoms with Crippen LogP contribution in [0.3, 0.4) is 0 Å². The molecule has 20 nitrogen and oxygen atoms in total. The molecule has 0 spiro atoms. The minimum atomic E-state index is -6.04. The summed E-state index contributed by atoms with van der Waals surface area (Å²) in [6.07, 6.45) is 12.7. The van der Waals surface area contributed by atoms with E-state index in [0.29, 0.717) is 41.3 Å². The summed E-state index contributed by atoms with van der Waals surface area (Å²) in [7, 11) is -6.04. The summed E-state index contributed by atoms with van der Waals surface area (Å²) in [6.45, 7) is 14.0. The Morgan fingerprint density at radius 3 is 1.48 bits per heavy atom. The highest BCUT2D eigenvalue weighted by atomic mass is 35.5. The van der Waals surface area contributed by atoms with Crippen LogP contribution in [0.15, 0.2) is 49.1 Å². The van der Waals surface area contributed by atoms with Crippen LogP contribution < -0.4 is 34.9 Å². The number of nitrogens with one attached hydrogen (secondary N) is 4. The van der Waals surface area contributed by atoms with Gasteiger partial charge >= 0.3 is 15.6 Å². The first-order valence-electron chi connectivity index (χ1n) is 22.1. The average molecular weight is 1090 g/mol. The number of hydrogen-bond acceptors (Lipinski definition) is 18. The molecule has 71 heavy (non-hydrogen) atoms. The first-order valence-corrected chi connectivity index (χ1v) is 26.5. The van der Waals surface area contributed by atoms with Crippen LogP contribution in [0, 0.1) is 13.1 Å². The van der Waals surface area contributed by atoms with Gasteiger partial charge in [-0.15, -0.1) is 0 Å². The monoisotopic (exact) mass is 1080 g/mol. The van der Waals surface area contributed by atoms with E-state index < -0.39 is 61.3 Å². The number of ether oxygens (including phenoxy) is 2. The van der Waals surface area contributed by atoms with Gasteiger partial charge in [-0.25, -0.2) is 19.7 Å². The third-order valence-electron chi connectivity index (χ3n) is 11.7. The second-order valence-corrected chi connectivity index (χ2v) is 21.9. The van der Waals surface area contributed by atoms with E-state index in [1.165, 1.54) is 37.4 Å². The number of piperidine rings is 2. The molecule has 4 aliphatic heterocycles. The SMILES string of the molecule is O=S([O-])C1CC1.O=S([O-])C1CC1.[C-]#[N+]c1ccc(Nc2ncnc(OC3CC4CCC(C3)N4)c2O)c(Cl)c1.[C-]#[N+]c1ccc(Nc2ncnc(OC3CC4CCC(C3)N4)c2OS(=O)(=O)C(F)(F)F)c(Cl)c1. The molecule has 6 fully saturated rings. The van der Waals surface area contributed by atoms with Gasteiger partial charge in [0.2, 0.25) is 11.5 Å². The van der Waals surface area contributed by atoms with Crippen molar-refractivity contribution in [1.82, 2.24) is 30.6 Å². The van der Waals surface area contributed by atoms with Crippen LogP contribution in [0.1, 0.15) is 77.0 Å². The number of hydrogen-bond donors (Lipinski definition) is 5. The lowest BCUT2D eigenvalue weighted by atomic mass is 10.0. The number of nitrogens with zero attached hydrogens (tertiary/aromatic N) is 6. The van der Waals surface area contributed by atoms with Crippen LogP contribution in [0.5, 0.6) is 23.3 Å². The van der Waals surface area contributed by atoms with Gasteiger partial charge in [0.05, 0.1) is 34.6 Å². The number of fused-ring (bicyclic) bond motifs is 4. The number of halogens is 5. The van der Waals surface area contributed by atoms with E-state index in [2.05, 4.69) is 55.1 Å². The van der Waals surface area contributed by atoms with Crippen molar-refractivity contribution in [2.45, 2.75) is 129 Å². The Morgan fingerprint density at radius 1 is 0.690 bits per heavy atom. The fourth-order valence-corrected chi connectivity index (χ4v) is 9.90. The molecule has 10 rings (SSSR count). The largest absolute Gasteiger partial charge is 0.772 e. The van der Waals surface area contributed by atoms with Gasteiger partial charge in [0.15, 0.2) is 23.0 Å². The van der Waals surface area contributed by atoms with Crippen molar-refractivity contribution in [3.8, 4) is 23.3 Å². The molecule has 6 atom stereocenters. The van der Waals surface area contributed by atoms with Gasteiger partial charge in [-0.3, -0.25) is 8.42 Å². The molecule has 5 N–H and O–H groups in total. The highest BCUT2D eigenvalue weighted by Crippen LogP contribution is 2.42. The molecule has 6 unspecified atom stereocenters. The summed E-state index contributed by atoms with van der Waals surface area (Å²) < 4.78 is 118. The highest BCUT2D eigenvalue weighted by Gasteiger charge is 2.50. The molecule has 6 heterocycles. The van der Waals surface area contributed by atoms with E-state index in [9.17, 15) is 44.2 Å². The molecule has 4 saturated heterocycles. The molecule has 2 aromatic heterocycles. The summed E-state index contributed by atoms with van der Waals surface area (Å²) in [4.78, 5) is 22.4. The minimum Gasteiger partial charge on any atom is -0.772 e. The summed E-state index contributed by atoms with van der Waals surface area (Å²) in [5, 5.41) is 23.5. The molecule has 6 aliphatic rings. The normalized spacial score (nSPS) is 23.8. The third kappa shape index (κ3) is 15.0. The van der Waals surface area contributed by atoms with Crippen LogP contribution in [-0.2, 0) is 32.3 Å². The van der Waals surface area contributed by atoms with Crippen LogP contribution in [0.2, 0.25) is 10.0 Å². The zero-order chi connectivity index (χ0) is 51.0. The zero-order valence-corrected chi connectivity index (χ0v) is 41.1. The molecule has 4 bridgehead atoms. The topological polar surface area (TPSA) is 271 Å². The summed E-state index contributed by atoms with van der Waals surface area (Å²) in [5.41, 5.74) is -4.31. The lowest BCUT2D eigenvalue weighted by Gasteiger charge is -2.29. The summed E-state index contributed by atoms with van der Waals surface area (Å²) >= 11 is 8.79. The summed E-state index contributed by atoms with van der Waals surface area (Å²) in [6, 6.07) is 10.4. The number of rotatable bonds is 12. The number of aromatic nitrogens is 4. The van der Waals surface area contributed by atoms with Gasteiger partial charge < -0.3 is 49.1 Å². The summed E-state index contributed by atoms with van der Waals surface area (Å²) in [5.74, 6) is -1.45. The van der Waals surface area contributed by atoms with Crippen LogP contribution >= 0.6 is 23.2 Å². The van der Waals surface area contributed by atoms with Gasteiger partial charge in [0.1, 0.15) is 24.9 Å². The Labute approximate surface area is 421 Å². The highest BCUT2D eigenvalue weighted by molar-refractivity contribution is 7.88. The van der Waals surface area contributed by atoms with Crippen molar-refractivity contribution >= 4 is 89.9 Å². The maximum Gasteiger partial charge on any atom is 0.534 e. The number of anilines is 4. The van der Waals surface area contributed by atoms with Gasteiger partial charge in [-0.1, -0.05) is 57.5 Å². The van der Waals surface area contributed by atoms with Crippen molar-refractivity contribution < 1.29 is 57.9 Å². The van der Waals surface area contributed by atoms with Gasteiger partial charge in [0.25, 0.3) is 11.8 Å². The average Bonchev–Trinajstić information content (AvgIpc) is 4.27. The van der Waals surface area contributed by atoms with Gasteiger partial charge in [-0.2, -0.15) is 31.6 Å². The molecular weight excluding hydrogens is 1040 g/mol. The molecule has 0 radical (unpaired) electrons. The lowest BCUT2D eigenvalue weighted by molar-refractivity contribution is -0.0501. The van der Waals surface area contributed by atoms with E-state index in [0.717, 1.165) is 57.7 Å². The fourth-order valence-electron chi connectivity index (χ4n) is 7.95. The van der Waals surface area contributed by atoms with E-state index in [4.69, 9.17) is 45.8 Å². The Bertz CT molecular complexity index is 2760. The standard InChI is InChI=1S/C19H17ClF3N5O4S.C18H18ClN5O2.2C3H6O2S/c1-24-10-4-5-15(14(20)8-10)28-17-16(32-33(29,30)19(21,22)23)18(26-9-25-17)31-13-6-11-2-3-12(7-13)27-11;1-20-10-4-5-15(14(19)8-10)24-17-16(25)18(22-9-21-17)26-13-6-11-2-3-12(7-13)23-11;2*4-6(5)3-1-2-3/h4-5,8-9,11-13,27H,2-3,6-7H2,(H,25,26,28);4-5,8-9,11-13,23,25H,2-3,6-7H2,(H,21,22,24);2*3H,1-2H2,(H,4,5)/p-2. The molecule has 2 saturated carbocycles. The molecule has 382 valence electrons. The molecule has 28 heteroatoms. The van der Waals surface area contributed by atoms with E-state index >= 15 is 0 Å². The quantitative estimate of drug-likeness (QED) is 0.0387. The Hall–Kier alpha value is -5.16.